The van der Waals surface area contributed by atoms with Gasteiger partial charge in [0.05, 0.1) is 18.3 Å². The summed E-state index contributed by atoms with van der Waals surface area (Å²) in [5.41, 5.74) is 0. The maximum Gasteiger partial charge on any atom is 0.303 e. The fourth-order valence-corrected chi connectivity index (χ4v) is 3.13. The van der Waals surface area contributed by atoms with E-state index in [2.05, 4.69) is 0 Å². The van der Waals surface area contributed by atoms with Crippen LogP contribution in [-0.4, -0.2) is 52.0 Å². The van der Waals surface area contributed by atoms with Gasteiger partial charge >= 0.3 is 5.97 Å². The number of rotatable bonds is 13. The summed E-state index contributed by atoms with van der Waals surface area (Å²) >= 11 is 0. The lowest BCUT2D eigenvalue weighted by molar-refractivity contribution is -0.273. The van der Waals surface area contributed by atoms with Gasteiger partial charge < -0.3 is 24.8 Å². The molecule has 0 aromatic rings. The highest BCUT2D eigenvalue weighted by Gasteiger charge is 2.35. The van der Waals surface area contributed by atoms with Crippen molar-refractivity contribution in [1.82, 2.24) is 0 Å². The number of carbonyl (C=O) groups is 1. The highest BCUT2D eigenvalue weighted by atomic mass is 16.7. The summed E-state index contributed by atoms with van der Waals surface area (Å²) in [4.78, 5) is 10.4. The van der Waals surface area contributed by atoms with Crippen LogP contribution in [-0.2, 0) is 14.3 Å². The third-order valence-electron chi connectivity index (χ3n) is 4.81. The van der Waals surface area contributed by atoms with Crippen LogP contribution in [0.2, 0.25) is 0 Å². The van der Waals surface area contributed by atoms with Crippen LogP contribution in [0.3, 0.4) is 0 Å². The highest BCUT2D eigenvalue weighted by molar-refractivity contribution is 5.66. The average molecular weight is 360 g/mol. The van der Waals surface area contributed by atoms with Crippen LogP contribution in [0, 0.1) is 0 Å². The molecule has 1 fully saturated rings. The van der Waals surface area contributed by atoms with E-state index in [0.717, 1.165) is 38.5 Å². The zero-order valence-electron chi connectivity index (χ0n) is 15.7. The van der Waals surface area contributed by atoms with Crippen LogP contribution < -0.4 is 0 Å². The Kier molecular flexibility index (Phi) is 11.3. The first-order valence-electron chi connectivity index (χ1n) is 9.79. The Labute approximate surface area is 151 Å². The van der Waals surface area contributed by atoms with Crippen LogP contribution in [0.5, 0.6) is 0 Å². The van der Waals surface area contributed by atoms with Crippen LogP contribution in [0.25, 0.3) is 0 Å². The highest BCUT2D eigenvalue weighted by Crippen LogP contribution is 2.23. The normalized spacial score (nSPS) is 28.0. The minimum Gasteiger partial charge on any atom is -0.481 e. The smallest absolute Gasteiger partial charge is 0.303 e. The van der Waals surface area contributed by atoms with Gasteiger partial charge in [-0.25, -0.2) is 0 Å². The second-order valence-corrected chi connectivity index (χ2v) is 7.29. The molecule has 1 heterocycles. The van der Waals surface area contributed by atoms with E-state index in [1.54, 1.807) is 6.92 Å². The van der Waals surface area contributed by atoms with Crippen LogP contribution in [0.4, 0.5) is 0 Å². The van der Waals surface area contributed by atoms with Crippen molar-refractivity contribution in [3.05, 3.63) is 0 Å². The lowest BCUT2D eigenvalue weighted by Crippen LogP contribution is -2.48. The van der Waals surface area contributed by atoms with E-state index < -0.39 is 24.5 Å². The van der Waals surface area contributed by atoms with Crippen molar-refractivity contribution in [3.8, 4) is 0 Å². The van der Waals surface area contributed by atoms with Gasteiger partial charge in [0, 0.05) is 12.8 Å². The fraction of sp³-hybridized carbons (Fsp3) is 0.947. The van der Waals surface area contributed by atoms with E-state index in [-0.39, 0.29) is 18.6 Å². The van der Waals surface area contributed by atoms with Crippen molar-refractivity contribution in [2.45, 2.75) is 115 Å². The predicted octanol–water partition coefficient (Wildman–Crippen LogP) is 3.23. The molecule has 1 saturated heterocycles. The van der Waals surface area contributed by atoms with Gasteiger partial charge in [-0.2, -0.15) is 0 Å². The Balaban J connectivity index is 1.96. The first kappa shape index (κ1) is 22.4. The van der Waals surface area contributed by atoms with E-state index in [4.69, 9.17) is 14.6 Å². The maximum atomic E-state index is 10.4. The maximum absolute atomic E-state index is 10.4. The monoisotopic (exact) mass is 360 g/mol. The molecule has 0 amide bonds. The summed E-state index contributed by atoms with van der Waals surface area (Å²) in [5, 5.41) is 28.1. The molecule has 0 spiro atoms. The van der Waals surface area contributed by atoms with Gasteiger partial charge in [0.25, 0.3) is 0 Å². The molecule has 0 saturated carbocycles. The number of aliphatic carboxylic acids is 1. The van der Waals surface area contributed by atoms with E-state index in [0.29, 0.717) is 6.42 Å². The van der Waals surface area contributed by atoms with E-state index in [1.807, 2.05) is 6.92 Å². The standard InChI is InChI=1S/C19H36O6/c1-14(24-19-17(21)13-16(20)15(2)25-19)11-9-7-5-3-4-6-8-10-12-18(22)23/h14-17,19-21H,3-13H2,1-2H3,(H,22,23)/t14-,15+,16-,17-,19-/m1/s1. The lowest BCUT2D eigenvalue weighted by atomic mass is 10.0. The largest absolute Gasteiger partial charge is 0.481 e. The van der Waals surface area contributed by atoms with Crippen molar-refractivity contribution in [2.24, 2.45) is 0 Å². The van der Waals surface area contributed by atoms with Gasteiger partial charge in [0.15, 0.2) is 6.29 Å². The number of ether oxygens (including phenoxy) is 2. The molecule has 0 aliphatic carbocycles. The Morgan fingerprint density at radius 3 is 2.20 bits per heavy atom. The molecule has 3 N–H and O–H groups in total. The fourth-order valence-electron chi connectivity index (χ4n) is 3.13. The number of aliphatic hydroxyl groups excluding tert-OH is 2. The van der Waals surface area contributed by atoms with Crippen LogP contribution >= 0.6 is 0 Å². The molecule has 148 valence electrons. The molecule has 1 rings (SSSR count). The molecule has 25 heavy (non-hydrogen) atoms. The molecule has 1 aliphatic heterocycles. The van der Waals surface area contributed by atoms with Gasteiger partial charge in [0.2, 0.25) is 0 Å². The number of carboxylic acids is 1. The molecule has 1 aliphatic rings. The first-order valence-corrected chi connectivity index (χ1v) is 9.79. The molecular formula is C19H36O6. The SMILES string of the molecule is C[C@H](CCCCCCCCCCC(=O)O)O[C@@H]1O[C@@H](C)[C@H](O)C[C@H]1O. The zero-order valence-corrected chi connectivity index (χ0v) is 15.7. The molecule has 0 bridgehead atoms. The number of carboxylic acid groups (broad SMARTS) is 1. The van der Waals surface area contributed by atoms with E-state index >= 15 is 0 Å². The molecule has 0 aromatic carbocycles. The van der Waals surface area contributed by atoms with Crippen molar-refractivity contribution in [1.29, 1.82) is 0 Å². The lowest BCUT2D eigenvalue weighted by Gasteiger charge is -2.36. The summed E-state index contributed by atoms with van der Waals surface area (Å²) in [5.74, 6) is -0.701. The summed E-state index contributed by atoms with van der Waals surface area (Å²) < 4.78 is 11.3. The molecule has 6 nitrogen and oxygen atoms in total. The summed E-state index contributed by atoms with van der Waals surface area (Å²) in [6, 6.07) is 0. The summed E-state index contributed by atoms with van der Waals surface area (Å²) in [6.07, 6.45) is 7.91. The summed E-state index contributed by atoms with van der Waals surface area (Å²) in [6.45, 7) is 3.79. The van der Waals surface area contributed by atoms with Gasteiger partial charge in [0.1, 0.15) is 6.10 Å². The van der Waals surface area contributed by atoms with Gasteiger partial charge in [-0.05, 0) is 26.7 Å². The Hall–Kier alpha value is -0.690. The van der Waals surface area contributed by atoms with Gasteiger partial charge in [-0.1, -0.05) is 44.9 Å². The van der Waals surface area contributed by atoms with Crippen molar-refractivity contribution in [2.75, 3.05) is 0 Å². The second kappa shape index (κ2) is 12.6. The summed E-state index contributed by atoms with van der Waals surface area (Å²) in [7, 11) is 0. The third-order valence-corrected chi connectivity index (χ3v) is 4.81. The zero-order chi connectivity index (χ0) is 18.7. The van der Waals surface area contributed by atoms with Crippen LogP contribution in [0.15, 0.2) is 0 Å². The number of aliphatic hydroxyl groups is 2. The number of hydrogen-bond donors (Lipinski definition) is 3. The molecular weight excluding hydrogens is 324 g/mol. The number of unbranched alkanes of at least 4 members (excludes halogenated alkanes) is 7. The second-order valence-electron chi connectivity index (χ2n) is 7.29. The number of hydrogen-bond acceptors (Lipinski definition) is 5. The van der Waals surface area contributed by atoms with Crippen molar-refractivity contribution < 1.29 is 29.6 Å². The minimum atomic E-state index is -0.769. The topological polar surface area (TPSA) is 96.2 Å². The first-order chi connectivity index (χ1) is 11.9. The van der Waals surface area contributed by atoms with E-state index in [1.165, 1.54) is 19.3 Å². The Bertz CT molecular complexity index is 362. The third kappa shape index (κ3) is 10.1. The van der Waals surface area contributed by atoms with E-state index in [9.17, 15) is 15.0 Å². The molecule has 0 unspecified atom stereocenters. The van der Waals surface area contributed by atoms with Crippen LogP contribution in [0.1, 0.15) is 84.5 Å². The Morgan fingerprint density at radius 2 is 1.60 bits per heavy atom. The van der Waals surface area contributed by atoms with Crippen molar-refractivity contribution >= 4 is 5.97 Å². The van der Waals surface area contributed by atoms with Crippen molar-refractivity contribution in [3.63, 3.8) is 0 Å². The molecule has 0 radical (unpaired) electrons. The Morgan fingerprint density at radius 1 is 1.04 bits per heavy atom. The van der Waals surface area contributed by atoms with Gasteiger partial charge in [-0.3, -0.25) is 4.79 Å². The molecule has 0 aromatic heterocycles. The minimum absolute atomic E-state index is 0.0260. The average Bonchev–Trinajstić information content (AvgIpc) is 2.54. The van der Waals surface area contributed by atoms with Gasteiger partial charge in [-0.15, -0.1) is 0 Å². The predicted molar refractivity (Wildman–Crippen MR) is 95.3 cm³/mol. The quantitative estimate of drug-likeness (QED) is 0.436. The molecule has 5 atom stereocenters. The molecule has 6 heteroatoms.